The molecule has 4 unspecified atom stereocenters. The molecule has 0 saturated heterocycles. The van der Waals surface area contributed by atoms with Crippen LogP contribution in [0.25, 0.3) is 0 Å². The lowest BCUT2D eigenvalue weighted by Crippen LogP contribution is -2.32. The molecule has 29 heavy (non-hydrogen) atoms. The summed E-state index contributed by atoms with van der Waals surface area (Å²) < 4.78 is 0. The topological polar surface area (TPSA) is 0 Å². The van der Waals surface area contributed by atoms with Crippen LogP contribution >= 0.6 is 0 Å². The molecule has 0 amide bonds. The first-order valence-corrected chi connectivity index (χ1v) is 14.1. The maximum absolute atomic E-state index is 2.47. The number of rotatable bonds is 18. The first-order valence-electron chi connectivity index (χ1n) is 14.1. The van der Waals surface area contributed by atoms with Gasteiger partial charge < -0.3 is 0 Å². The fourth-order valence-electron chi connectivity index (χ4n) is 6.62. The average Bonchev–Trinajstić information content (AvgIpc) is 3.12. The van der Waals surface area contributed by atoms with E-state index in [1.54, 1.807) is 25.7 Å². The average molecular weight is 407 g/mol. The molecule has 0 heteroatoms. The van der Waals surface area contributed by atoms with Gasteiger partial charge in [0.1, 0.15) is 0 Å². The Kier molecular flexibility index (Phi) is 14.7. The van der Waals surface area contributed by atoms with Crippen LogP contribution in [0.15, 0.2) is 0 Å². The number of hydrogen-bond acceptors (Lipinski definition) is 0. The third-order valence-electron chi connectivity index (χ3n) is 8.73. The highest BCUT2D eigenvalue weighted by molar-refractivity contribution is 4.95. The number of unbranched alkanes of at least 4 members (excludes halogenated alkanes) is 3. The highest BCUT2D eigenvalue weighted by Crippen LogP contribution is 2.55. The van der Waals surface area contributed by atoms with Crippen LogP contribution in [0.1, 0.15) is 157 Å². The lowest BCUT2D eigenvalue weighted by molar-refractivity contribution is 0.0788. The van der Waals surface area contributed by atoms with Crippen molar-refractivity contribution in [1.29, 1.82) is 0 Å². The van der Waals surface area contributed by atoms with Gasteiger partial charge in [0.2, 0.25) is 0 Å². The highest BCUT2D eigenvalue weighted by atomic mass is 14.5. The molecule has 1 fully saturated rings. The van der Waals surface area contributed by atoms with Crippen molar-refractivity contribution in [1.82, 2.24) is 0 Å². The Balaban J connectivity index is 2.98. The minimum atomic E-state index is 0.683. The van der Waals surface area contributed by atoms with Crippen molar-refractivity contribution in [3.8, 4) is 0 Å². The van der Waals surface area contributed by atoms with E-state index in [-0.39, 0.29) is 0 Å². The van der Waals surface area contributed by atoms with Gasteiger partial charge in [-0.05, 0) is 61.2 Å². The van der Waals surface area contributed by atoms with Crippen LogP contribution in [0.5, 0.6) is 0 Å². The molecule has 0 N–H and O–H groups in total. The Morgan fingerprint density at radius 1 is 0.655 bits per heavy atom. The van der Waals surface area contributed by atoms with E-state index in [4.69, 9.17) is 0 Å². The van der Waals surface area contributed by atoms with Gasteiger partial charge in [-0.2, -0.15) is 0 Å². The van der Waals surface area contributed by atoms with Gasteiger partial charge in [-0.25, -0.2) is 0 Å². The van der Waals surface area contributed by atoms with Crippen LogP contribution in [0.3, 0.4) is 0 Å². The van der Waals surface area contributed by atoms with Crippen LogP contribution < -0.4 is 0 Å². The second-order valence-corrected chi connectivity index (χ2v) is 10.8. The smallest absolute Gasteiger partial charge is 0.0264 e. The summed E-state index contributed by atoms with van der Waals surface area (Å²) in [6, 6.07) is 0. The van der Waals surface area contributed by atoms with Crippen LogP contribution in [0.4, 0.5) is 0 Å². The van der Waals surface area contributed by atoms with Crippen molar-refractivity contribution in [3.05, 3.63) is 0 Å². The standard InChI is InChI=1S/C29H58/c1-7-13-17-25(10-4)22-28-20-16-21-29(28,23-26(11-5)18-14-8-2)24-27(12-6)19-15-9-3/h25-28H,7-24H2,1-6H3. The summed E-state index contributed by atoms with van der Waals surface area (Å²) in [7, 11) is 0. The molecule has 1 aliphatic rings. The third-order valence-corrected chi connectivity index (χ3v) is 8.73. The molecule has 1 rings (SSSR count). The quantitative estimate of drug-likeness (QED) is 0.212. The molecule has 174 valence electrons. The van der Waals surface area contributed by atoms with Crippen molar-refractivity contribution in [2.45, 2.75) is 157 Å². The predicted molar refractivity (Wildman–Crippen MR) is 134 cm³/mol. The summed E-state index contributed by atoms with van der Waals surface area (Å²) in [5.74, 6) is 3.98. The summed E-state index contributed by atoms with van der Waals surface area (Å²) >= 11 is 0. The normalized spacial score (nSPS) is 25.2. The van der Waals surface area contributed by atoms with Crippen LogP contribution in [-0.4, -0.2) is 0 Å². The van der Waals surface area contributed by atoms with Crippen molar-refractivity contribution < 1.29 is 0 Å². The maximum Gasteiger partial charge on any atom is -0.0264 e. The van der Waals surface area contributed by atoms with E-state index in [0.29, 0.717) is 5.41 Å². The second kappa shape index (κ2) is 15.8. The zero-order chi connectivity index (χ0) is 21.5. The molecule has 4 atom stereocenters. The van der Waals surface area contributed by atoms with E-state index in [0.717, 1.165) is 23.7 Å². The molecule has 0 radical (unpaired) electrons. The van der Waals surface area contributed by atoms with E-state index < -0.39 is 0 Å². The largest absolute Gasteiger partial charge is 0.0654 e. The highest BCUT2D eigenvalue weighted by Gasteiger charge is 2.44. The van der Waals surface area contributed by atoms with Gasteiger partial charge >= 0.3 is 0 Å². The van der Waals surface area contributed by atoms with Crippen molar-refractivity contribution >= 4 is 0 Å². The van der Waals surface area contributed by atoms with E-state index in [1.165, 1.54) is 89.9 Å². The fourth-order valence-corrected chi connectivity index (χ4v) is 6.62. The van der Waals surface area contributed by atoms with E-state index in [9.17, 15) is 0 Å². The molecule has 0 spiro atoms. The fraction of sp³-hybridized carbons (Fsp3) is 1.00. The van der Waals surface area contributed by atoms with Crippen molar-refractivity contribution in [2.24, 2.45) is 29.1 Å². The third kappa shape index (κ3) is 9.35. The summed E-state index contributed by atoms with van der Waals surface area (Å²) in [5.41, 5.74) is 0.683. The summed E-state index contributed by atoms with van der Waals surface area (Å²) in [6.45, 7) is 14.5. The molecule has 1 aliphatic carbocycles. The zero-order valence-corrected chi connectivity index (χ0v) is 21.5. The summed E-state index contributed by atoms with van der Waals surface area (Å²) in [4.78, 5) is 0. The molecule has 0 bridgehead atoms. The molecule has 1 saturated carbocycles. The van der Waals surface area contributed by atoms with Crippen molar-refractivity contribution in [3.63, 3.8) is 0 Å². The van der Waals surface area contributed by atoms with Gasteiger partial charge in [0.05, 0.1) is 0 Å². The van der Waals surface area contributed by atoms with Gasteiger partial charge in [0, 0.05) is 0 Å². The Bertz CT molecular complexity index is 352. The first kappa shape index (κ1) is 27.0. The Labute approximate surface area is 186 Å². The lowest BCUT2D eigenvalue weighted by atomic mass is 9.63. The van der Waals surface area contributed by atoms with E-state index in [1.807, 2.05) is 0 Å². The molecule has 0 nitrogen and oxygen atoms in total. The molecule has 0 aromatic heterocycles. The minimum absolute atomic E-state index is 0.683. The van der Waals surface area contributed by atoms with Gasteiger partial charge in [0.15, 0.2) is 0 Å². The molecule has 0 aliphatic heterocycles. The van der Waals surface area contributed by atoms with E-state index in [2.05, 4.69) is 41.5 Å². The molecular weight excluding hydrogens is 348 g/mol. The summed E-state index contributed by atoms with van der Waals surface area (Å²) in [5, 5.41) is 0. The van der Waals surface area contributed by atoms with Crippen LogP contribution in [-0.2, 0) is 0 Å². The molecule has 0 aromatic rings. The first-order chi connectivity index (χ1) is 14.1. The Morgan fingerprint density at radius 3 is 1.52 bits per heavy atom. The van der Waals surface area contributed by atoms with Gasteiger partial charge in [-0.3, -0.25) is 0 Å². The molecular formula is C29H58. The van der Waals surface area contributed by atoms with Gasteiger partial charge in [-0.15, -0.1) is 0 Å². The molecule has 0 heterocycles. The maximum atomic E-state index is 2.47. The SMILES string of the molecule is CCCCC(CC)CC1CCCC1(CC(CC)CCCC)CC(CC)CCCC. The monoisotopic (exact) mass is 406 g/mol. The molecule has 0 aromatic carbocycles. The lowest BCUT2D eigenvalue weighted by Gasteiger charge is -2.42. The Hall–Kier alpha value is 0. The predicted octanol–water partition coefficient (Wildman–Crippen LogP) is 10.6. The minimum Gasteiger partial charge on any atom is -0.0654 e. The number of hydrogen-bond donors (Lipinski definition) is 0. The Morgan fingerprint density at radius 2 is 1.10 bits per heavy atom. The van der Waals surface area contributed by atoms with E-state index >= 15 is 0 Å². The zero-order valence-electron chi connectivity index (χ0n) is 21.5. The second-order valence-electron chi connectivity index (χ2n) is 10.8. The van der Waals surface area contributed by atoms with Gasteiger partial charge in [0.25, 0.3) is 0 Å². The van der Waals surface area contributed by atoms with Crippen molar-refractivity contribution in [2.75, 3.05) is 0 Å². The summed E-state index contributed by atoms with van der Waals surface area (Å²) in [6.07, 6.45) is 26.4. The van der Waals surface area contributed by atoms with Crippen LogP contribution in [0, 0.1) is 29.1 Å². The van der Waals surface area contributed by atoms with Gasteiger partial charge in [-0.1, -0.05) is 125 Å². The van der Waals surface area contributed by atoms with Crippen LogP contribution in [0.2, 0.25) is 0 Å².